The molecule has 0 aromatic heterocycles. The van der Waals surface area contributed by atoms with Gasteiger partial charge in [-0.1, -0.05) is 6.92 Å². The number of hydrogen-bond acceptors (Lipinski definition) is 3. The van der Waals surface area contributed by atoms with E-state index in [-0.39, 0.29) is 11.7 Å². The van der Waals surface area contributed by atoms with Gasteiger partial charge in [0, 0.05) is 25.2 Å². The number of likely N-dealkylation sites (tertiary alicyclic amines) is 1. The summed E-state index contributed by atoms with van der Waals surface area (Å²) in [6, 6.07) is 6.92. The monoisotopic (exact) mass is 262 g/mol. The van der Waals surface area contributed by atoms with Gasteiger partial charge in [0.05, 0.1) is 0 Å². The number of phenolic OH excluding ortho intramolecular Hbond substituents is 1. The minimum atomic E-state index is 0.0166. The van der Waals surface area contributed by atoms with Crippen molar-refractivity contribution in [1.29, 1.82) is 0 Å². The van der Waals surface area contributed by atoms with Gasteiger partial charge in [-0.3, -0.25) is 9.69 Å². The SMILES string of the molecule is CCN1CCCC1CN(C)C(=O)c1ccc(O)cc1. The molecule has 1 heterocycles. The highest BCUT2D eigenvalue weighted by molar-refractivity contribution is 5.94. The third-order valence-corrected chi connectivity index (χ3v) is 3.85. The molecule has 1 saturated heterocycles. The Balaban J connectivity index is 1.97. The largest absolute Gasteiger partial charge is 0.508 e. The summed E-state index contributed by atoms with van der Waals surface area (Å²) in [7, 11) is 1.85. The molecule has 4 nitrogen and oxygen atoms in total. The number of carbonyl (C=O) groups excluding carboxylic acids is 1. The van der Waals surface area contributed by atoms with E-state index in [0.717, 1.165) is 19.6 Å². The average molecular weight is 262 g/mol. The van der Waals surface area contributed by atoms with Crippen molar-refractivity contribution < 1.29 is 9.90 Å². The van der Waals surface area contributed by atoms with E-state index < -0.39 is 0 Å². The molecule has 1 fully saturated rings. The normalized spacial score (nSPS) is 19.6. The standard InChI is InChI=1S/C15H22N2O2/c1-3-17-10-4-5-13(17)11-16(2)15(19)12-6-8-14(18)9-7-12/h6-9,13,18H,3-5,10-11H2,1-2H3. The molecule has 0 radical (unpaired) electrons. The maximum atomic E-state index is 12.3. The number of nitrogens with zero attached hydrogens (tertiary/aromatic N) is 2. The maximum absolute atomic E-state index is 12.3. The van der Waals surface area contributed by atoms with E-state index in [1.807, 2.05) is 7.05 Å². The summed E-state index contributed by atoms with van der Waals surface area (Å²) < 4.78 is 0. The average Bonchev–Trinajstić information content (AvgIpc) is 2.86. The van der Waals surface area contributed by atoms with Crippen molar-refractivity contribution in [2.24, 2.45) is 0 Å². The van der Waals surface area contributed by atoms with E-state index in [1.165, 1.54) is 12.8 Å². The first-order chi connectivity index (χ1) is 9.11. The molecule has 19 heavy (non-hydrogen) atoms. The van der Waals surface area contributed by atoms with Gasteiger partial charge in [-0.15, -0.1) is 0 Å². The van der Waals surface area contributed by atoms with Gasteiger partial charge in [0.1, 0.15) is 5.75 Å². The molecule has 1 amide bonds. The molecule has 2 rings (SSSR count). The fourth-order valence-corrected chi connectivity index (χ4v) is 2.74. The Hall–Kier alpha value is -1.55. The lowest BCUT2D eigenvalue weighted by Gasteiger charge is -2.27. The summed E-state index contributed by atoms with van der Waals surface area (Å²) in [6.45, 7) is 5.13. The van der Waals surface area contributed by atoms with Gasteiger partial charge in [0.15, 0.2) is 0 Å². The Bertz CT molecular complexity index is 430. The molecular formula is C15H22N2O2. The van der Waals surface area contributed by atoms with Gasteiger partial charge >= 0.3 is 0 Å². The maximum Gasteiger partial charge on any atom is 0.253 e. The predicted molar refractivity (Wildman–Crippen MR) is 75.3 cm³/mol. The van der Waals surface area contributed by atoms with E-state index in [0.29, 0.717) is 11.6 Å². The smallest absolute Gasteiger partial charge is 0.253 e. The third-order valence-electron chi connectivity index (χ3n) is 3.85. The van der Waals surface area contributed by atoms with Crippen LogP contribution < -0.4 is 0 Å². The molecule has 1 N–H and O–H groups in total. The molecule has 104 valence electrons. The van der Waals surface area contributed by atoms with Crippen LogP contribution in [0.15, 0.2) is 24.3 Å². The molecule has 0 spiro atoms. The Morgan fingerprint density at radius 1 is 1.42 bits per heavy atom. The summed E-state index contributed by atoms with van der Waals surface area (Å²) in [5, 5.41) is 9.24. The first-order valence-corrected chi connectivity index (χ1v) is 6.90. The first kappa shape index (κ1) is 13.9. The summed E-state index contributed by atoms with van der Waals surface area (Å²) in [6.07, 6.45) is 2.39. The van der Waals surface area contributed by atoms with Gasteiger partial charge < -0.3 is 10.0 Å². The minimum absolute atomic E-state index is 0.0166. The molecule has 1 atom stereocenters. The lowest BCUT2D eigenvalue weighted by molar-refractivity contribution is 0.0754. The highest BCUT2D eigenvalue weighted by Gasteiger charge is 2.25. The zero-order valence-corrected chi connectivity index (χ0v) is 11.7. The number of rotatable bonds is 4. The second kappa shape index (κ2) is 6.06. The second-order valence-corrected chi connectivity index (χ2v) is 5.16. The molecule has 1 aliphatic heterocycles. The van der Waals surface area contributed by atoms with Crippen molar-refractivity contribution in [3.63, 3.8) is 0 Å². The summed E-state index contributed by atoms with van der Waals surface area (Å²) in [5.41, 5.74) is 0.626. The highest BCUT2D eigenvalue weighted by Crippen LogP contribution is 2.18. The Kier molecular flexibility index (Phi) is 4.43. The number of benzene rings is 1. The predicted octanol–water partition coefficient (Wildman–Crippen LogP) is 1.95. The fraction of sp³-hybridized carbons (Fsp3) is 0.533. The van der Waals surface area contributed by atoms with Crippen LogP contribution in [0, 0.1) is 0 Å². The lowest BCUT2D eigenvalue weighted by Crippen LogP contribution is -2.41. The number of likely N-dealkylation sites (N-methyl/N-ethyl adjacent to an activating group) is 2. The van der Waals surface area contributed by atoms with Crippen LogP contribution in [0.3, 0.4) is 0 Å². The molecule has 1 unspecified atom stereocenters. The molecule has 1 aliphatic rings. The van der Waals surface area contributed by atoms with Crippen molar-refractivity contribution >= 4 is 5.91 Å². The van der Waals surface area contributed by atoms with E-state index >= 15 is 0 Å². The van der Waals surface area contributed by atoms with Crippen LogP contribution in [-0.4, -0.2) is 53.5 Å². The Morgan fingerprint density at radius 2 is 2.11 bits per heavy atom. The Morgan fingerprint density at radius 3 is 2.74 bits per heavy atom. The van der Waals surface area contributed by atoms with Crippen LogP contribution in [0.2, 0.25) is 0 Å². The second-order valence-electron chi connectivity index (χ2n) is 5.16. The number of amides is 1. The zero-order chi connectivity index (χ0) is 13.8. The number of aromatic hydroxyl groups is 1. The van der Waals surface area contributed by atoms with Crippen molar-refractivity contribution in [3.05, 3.63) is 29.8 Å². The topological polar surface area (TPSA) is 43.8 Å². The molecule has 1 aromatic rings. The van der Waals surface area contributed by atoms with E-state index in [1.54, 1.807) is 29.2 Å². The van der Waals surface area contributed by atoms with Crippen LogP contribution >= 0.6 is 0 Å². The summed E-state index contributed by atoms with van der Waals surface area (Å²) in [4.78, 5) is 16.5. The zero-order valence-electron chi connectivity index (χ0n) is 11.7. The van der Waals surface area contributed by atoms with Crippen molar-refractivity contribution in [1.82, 2.24) is 9.80 Å². The fourth-order valence-electron chi connectivity index (χ4n) is 2.74. The number of hydrogen-bond donors (Lipinski definition) is 1. The van der Waals surface area contributed by atoms with E-state index in [2.05, 4.69) is 11.8 Å². The van der Waals surface area contributed by atoms with Gasteiger partial charge in [0.2, 0.25) is 0 Å². The van der Waals surface area contributed by atoms with Crippen molar-refractivity contribution in [2.75, 3.05) is 26.7 Å². The molecule has 1 aromatic carbocycles. The first-order valence-electron chi connectivity index (χ1n) is 6.90. The van der Waals surface area contributed by atoms with E-state index in [4.69, 9.17) is 0 Å². The van der Waals surface area contributed by atoms with Crippen molar-refractivity contribution in [2.45, 2.75) is 25.8 Å². The summed E-state index contributed by atoms with van der Waals surface area (Å²) >= 11 is 0. The summed E-state index contributed by atoms with van der Waals surface area (Å²) in [5.74, 6) is 0.204. The Labute approximate surface area is 114 Å². The quantitative estimate of drug-likeness (QED) is 0.902. The molecular weight excluding hydrogens is 240 g/mol. The molecule has 0 aliphatic carbocycles. The molecule has 0 bridgehead atoms. The van der Waals surface area contributed by atoms with Gasteiger partial charge in [-0.2, -0.15) is 0 Å². The minimum Gasteiger partial charge on any atom is -0.508 e. The van der Waals surface area contributed by atoms with Crippen molar-refractivity contribution in [3.8, 4) is 5.75 Å². The van der Waals surface area contributed by atoms with Gasteiger partial charge in [-0.05, 0) is 50.2 Å². The lowest BCUT2D eigenvalue weighted by atomic mass is 10.1. The van der Waals surface area contributed by atoms with Crippen LogP contribution in [-0.2, 0) is 0 Å². The molecule has 4 heteroatoms. The van der Waals surface area contributed by atoms with E-state index in [9.17, 15) is 9.90 Å². The van der Waals surface area contributed by atoms with Gasteiger partial charge in [-0.25, -0.2) is 0 Å². The highest BCUT2D eigenvalue weighted by atomic mass is 16.3. The third kappa shape index (κ3) is 3.26. The van der Waals surface area contributed by atoms with Crippen LogP contribution in [0.1, 0.15) is 30.1 Å². The number of carbonyl (C=O) groups is 1. The molecule has 0 saturated carbocycles. The van der Waals surface area contributed by atoms with Crippen LogP contribution in [0.5, 0.6) is 5.75 Å². The van der Waals surface area contributed by atoms with Gasteiger partial charge in [0.25, 0.3) is 5.91 Å². The van der Waals surface area contributed by atoms with Crippen LogP contribution in [0.4, 0.5) is 0 Å². The number of phenols is 1. The van der Waals surface area contributed by atoms with Crippen LogP contribution in [0.25, 0.3) is 0 Å².